The fourth-order valence-electron chi connectivity index (χ4n) is 2.48. The molecule has 0 aliphatic heterocycles. The van der Waals surface area contributed by atoms with E-state index in [0.717, 1.165) is 17.0 Å². The number of nitrogens with zero attached hydrogens (tertiary/aromatic N) is 4. The van der Waals surface area contributed by atoms with Crippen LogP contribution in [0.4, 0.5) is 5.69 Å². The van der Waals surface area contributed by atoms with Gasteiger partial charge in [0.25, 0.3) is 5.69 Å². The summed E-state index contributed by atoms with van der Waals surface area (Å²) in [7, 11) is -4.27. The van der Waals surface area contributed by atoms with Crippen molar-refractivity contribution in [2.75, 3.05) is 0 Å². The van der Waals surface area contributed by atoms with E-state index in [1.54, 1.807) is 17.8 Å². The molecule has 0 saturated carbocycles. The Balaban J connectivity index is 2.03. The van der Waals surface area contributed by atoms with Crippen molar-refractivity contribution in [3.8, 4) is 5.88 Å². The molecule has 0 unspecified atom stereocenters. The molecule has 0 amide bonds. The highest BCUT2D eigenvalue weighted by Gasteiger charge is 2.22. The first-order valence-corrected chi connectivity index (χ1v) is 9.13. The summed E-state index contributed by atoms with van der Waals surface area (Å²) in [6.45, 7) is 5.65. The first-order valence-electron chi connectivity index (χ1n) is 7.73. The monoisotopic (exact) mass is 376 g/mol. The highest BCUT2D eigenvalue weighted by Crippen LogP contribution is 2.26. The second kappa shape index (κ2) is 6.37. The molecule has 0 bridgehead atoms. The normalized spacial score (nSPS) is 11.8. The van der Waals surface area contributed by atoms with Crippen molar-refractivity contribution < 1.29 is 17.5 Å². The number of hydrogen-bond acceptors (Lipinski definition) is 7. The Hall–Kier alpha value is -3.01. The van der Waals surface area contributed by atoms with Gasteiger partial charge in [0.15, 0.2) is 5.65 Å². The van der Waals surface area contributed by atoms with E-state index in [9.17, 15) is 18.5 Å². The van der Waals surface area contributed by atoms with Crippen molar-refractivity contribution in [2.45, 2.75) is 31.7 Å². The van der Waals surface area contributed by atoms with Gasteiger partial charge in [-0.2, -0.15) is 18.5 Å². The molecule has 3 aromatic rings. The molecule has 3 rings (SSSR count). The van der Waals surface area contributed by atoms with Crippen molar-refractivity contribution in [3.05, 3.63) is 52.2 Å². The molecule has 9 nitrogen and oxygen atoms in total. The van der Waals surface area contributed by atoms with Crippen LogP contribution in [0.25, 0.3) is 11.0 Å². The second-order valence-electron chi connectivity index (χ2n) is 5.99. The van der Waals surface area contributed by atoms with Crippen molar-refractivity contribution in [2.24, 2.45) is 0 Å². The summed E-state index contributed by atoms with van der Waals surface area (Å²) in [6, 6.07) is 6.18. The number of aryl methyl sites for hydroxylation is 1. The summed E-state index contributed by atoms with van der Waals surface area (Å²) in [4.78, 5) is 14.1. The van der Waals surface area contributed by atoms with Crippen LogP contribution in [0.1, 0.15) is 25.5 Å². The van der Waals surface area contributed by atoms with Crippen LogP contribution in [-0.4, -0.2) is 28.1 Å². The first-order chi connectivity index (χ1) is 12.2. The van der Waals surface area contributed by atoms with Gasteiger partial charge in [0, 0.05) is 29.6 Å². The summed E-state index contributed by atoms with van der Waals surface area (Å²) >= 11 is 0. The van der Waals surface area contributed by atoms with E-state index in [2.05, 4.69) is 10.1 Å². The van der Waals surface area contributed by atoms with Gasteiger partial charge in [-0.3, -0.25) is 10.1 Å². The van der Waals surface area contributed by atoms with Crippen LogP contribution in [0.15, 0.2) is 41.4 Å². The van der Waals surface area contributed by atoms with Crippen molar-refractivity contribution >= 4 is 26.8 Å². The van der Waals surface area contributed by atoms with Gasteiger partial charge in [0.2, 0.25) is 5.88 Å². The highest BCUT2D eigenvalue weighted by atomic mass is 32.2. The predicted octanol–water partition coefficient (Wildman–Crippen LogP) is 3.00. The maximum atomic E-state index is 12.5. The van der Waals surface area contributed by atoms with Crippen LogP contribution < -0.4 is 4.18 Å². The van der Waals surface area contributed by atoms with Crippen molar-refractivity contribution in [1.82, 2.24) is 14.8 Å². The molecular weight excluding hydrogens is 360 g/mol. The lowest BCUT2D eigenvalue weighted by Gasteiger charge is -2.10. The first kappa shape index (κ1) is 17.8. The Morgan fingerprint density at radius 3 is 2.65 bits per heavy atom. The average molecular weight is 376 g/mol. The smallest absolute Gasteiger partial charge is 0.340 e. The van der Waals surface area contributed by atoms with E-state index in [0.29, 0.717) is 5.65 Å². The predicted molar refractivity (Wildman–Crippen MR) is 93.6 cm³/mol. The number of rotatable bonds is 5. The molecule has 26 heavy (non-hydrogen) atoms. The van der Waals surface area contributed by atoms with E-state index >= 15 is 0 Å². The van der Waals surface area contributed by atoms with Gasteiger partial charge in [0.05, 0.1) is 11.1 Å². The number of aromatic nitrogens is 3. The SMILES string of the molecule is Cc1cc(OS(=O)(=O)c2cccc([N+](=O)[O-])c2)nc2c1cnn2C(C)C. The number of hydrogen-bond donors (Lipinski definition) is 0. The number of fused-ring (bicyclic) bond motifs is 1. The molecule has 2 aromatic heterocycles. The Labute approximate surface area is 149 Å². The summed E-state index contributed by atoms with van der Waals surface area (Å²) in [5, 5.41) is 15.9. The molecule has 0 radical (unpaired) electrons. The van der Waals surface area contributed by atoms with E-state index in [1.807, 2.05) is 13.8 Å². The van der Waals surface area contributed by atoms with Crippen LogP contribution in [0.2, 0.25) is 0 Å². The van der Waals surface area contributed by atoms with Gasteiger partial charge in [-0.15, -0.1) is 0 Å². The van der Waals surface area contributed by atoms with Gasteiger partial charge >= 0.3 is 10.1 Å². The Morgan fingerprint density at radius 2 is 2.00 bits per heavy atom. The maximum Gasteiger partial charge on any atom is 0.340 e. The lowest BCUT2D eigenvalue weighted by Crippen LogP contribution is -2.12. The Kier molecular flexibility index (Phi) is 4.36. The molecule has 0 fully saturated rings. The van der Waals surface area contributed by atoms with Gasteiger partial charge in [-0.25, -0.2) is 4.68 Å². The summed E-state index contributed by atoms with van der Waals surface area (Å²) in [5.74, 6) is -0.121. The fraction of sp³-hybridized carbons (Fsp3) is 0.250. The molecule has 0 spiro atoms. The second-order valence-corrected chi connectivity index (χ2v) is 7.54. The molecule has 1 aromatic carbocycles. The Bertz CT molecular complexity index is 1110. The van der Waals surface area contributed by atoms with Crippen LogP contribution in [-0.2, 0) is 10.1 Å². The summed E-state index contributed by atoms with van der Waals surface area (Å²) < 4.78 is 31.7. The highest BCUT2D eigenvalue weighted by molar-refractivity contribution is 7.87. The summed E-state index contributed by atoms with van der Waals surface area (Å²) in [5.41, 5.74) is 0.919. The van der Waals surface area contributed by atoms with Gasteiger partial charge < -0.3 is 4.18 Å². The van der Waals surface area contributed by atoms with Gasteiger partial charge in [-0.1, -0.05) is 6.07 Å². The number of pyridine rings is 1. The van der Waals surface area contributed by atoms with Gasteiger partial charge in [0.1, 0.15) is 4.90 Å². The van der Waals surface area contributed by atoms with Crippen LogP contribution in [0.5, 0.6) is 5.88 Å². The standard InChI is InChI=1S/C16H16N4O5S/c1-10(2)19-16-14(9-17-19)11(3)7-15(18-16)25-26(23,24)13-6-4-5-12(8-13)20(21)22/h4-10H,1-3H3. The maximum absolute atomic E-state index is 12.5. The molecule has 0 N–H and O–H groups in total. The van der Waals surface area contributed by atoms with E-state index in [-0.39, 0.29) is 22.5 Å². The molecule has 2 heterocycles. The largest absolute Gasteiger partial charge is 0.358 e. The third-order valence-corrected chi connectivity index (χ3v) is 4.97. The summed E-state index contributed by atoms with van der Waals surface area (Å²) in [6.07, 6.45) is 1.66. The molecular formula is C16H16N4O5S. The Morgan fingerprint density at radius 1 is 1.27 bits per heavy atom. The third-order valence-electron chi connectivity index (χ3n) is 3.75. The molecule has 0 aliphatic rings. The van der Waals surface area contributed by atoms with Crippen LogP contribution >= 0.6 is 0 Å². The third kappa shape index (κ3) is 3.23. The average Bonchev–Trinajstić information content (AvgIpc) is 2.99. The molecule has 10 heteroatoms. The van der Waals surface area contributed by atoms with Crippen LogP contribution in [0, 0.1) is 17.0 Å². The van der Waals surface area contributed by atoms with E-state index < -0.39 is 15.0 Å². The fourth-order valence-corrected chi connectivity index (χ4v) is 3.40. The topological polar surface area (TPSA) is 117 Å². The lowest BCUT2D eigenvalue weighted by molar-refractivity contribution is -0.385. The lowest BCUT2D eigenvalue weighted by atomic mass is 10.2. The molecule has 0 aliphatic carbocycles. The van der Waals surface area contributed by atoms with E-state index in [4.69, 9.17) is 4.18 Å². The van der Waals surface area contributed by atoms with Gasteiger partial charge in [-0.05, 0) is 32.4 Å². The molecule has 0 saturated heterocycles. The van der Waals surface area contributed by atoms with Crippen LogP contribution in [0.3, 0.4) is 0 Å². The zero-order valence-corrected chi connectivity index (χ0v) is 15.1. The number of non-ortho nitro benzene ring substituents is 1. The minimum absolute atomic E-state index is 0.0306. The number of nitro benzene ring substituents is 1. The minimum atomic E-state index is -4.27. The van der Waals surface area contributed by atoms with E-state index in [1.165, 1.54) is 24.3 Å². The van der Waals surface area contributed by atoms with Crippen molar-refractivity contribution in [3.63, 3.8) is 0 Å². The minimum Gasteiger partial charge on any atom is -0.358 e. The van der Waals surface area contributed by atoms with Crippen molar-refractivity contribution in [1.29, 1.82) is 0 Å². The zero-order valence-electron chi connectivity index (χ0n) is 14.3. The quantitative estimate of drug-likeness (QED) is 0.381. The number of benzene rings is 1. The zero-order chi connectivity index (χ0) is 19.1. The molecule has 0 atom stereocenters. The molecule has 136 valence electrons. The number of nitro groups is 1.